The molecule has 0 spiro atoms. The van der Waals surface area contributed by atoms with Crippen molar-refractivity contribution in [3.63, 3.8) is 0 Å². The SMILES string of the molecule is CN(C)c1ccc(CN(C)c2cc(C(O)/C=C/c3ccc(C(=O)O)c(O)c3)cc3c2C(C)(C)CCC3(C)C)cc1. The van der Waals surface area contributed by atoms with Crippen LogP contribution in [-0.4, -0.2) is 42.4 Å². The van der Waals surface area contributed by atoms with E-state index in [1.54, 1.807) is 18.2 Å². The summed E-state index contributed by atoms with van der Waals surface area (Å²) in [7, 11) is 6.19. The lowest BCUT2D eigenvalue weighted by atomic mass is 9.62. The second-order valence-corrected chi connectivity index (χ2v) is 12.5. The van der Waals surface area contributed by atoms with Gasteiger partial charge in [-0.3, -0.25) is 0 Å². The van der Waals surface area contributed by atoms with Crippen LogP contribution in [0.4, 0.5) is 11.4 Å². The third-order valence-corrected chi connectivity index (χ3v) is 8.27. The van der Waals surface area contributed by atoms with Gasteiger partial charge in [0.1, 0.15) is 11.3 Å². The zero-order valence-corrected chi connectivity index (χ0v) is 24.7. The first-order valence-electron chi connectivity index (χ1n) is 13.8. The van der Waals surface area contributed by atoms with Crippen LogP contribution in [0.15, 0.2) is 60.7 Å². The molecule has 1 aliphatic carbocycles. The summed E-state index contributed by atoms with van der Waals surface area (Å²) in [6.45, 7) is 9.93. The molecule has 0 aromatic heterocycles. The highest BCUT2D eigenvalue weighted by Crippen LogP contribution is 2.50. The molecule has 6 nitrogen and oxygen atoms in total. The Hall–Kier alpha value is -3.77. The van der Waals surface area contributed by atoms with Crippen molar-refractivity contribution < 1.29 is 20.1 Å². The van der Waals surface area contributed by atoms with Gasteiger partial charge in [-0.05, 0) is 81.8 Å². The van der Waals surface area contributed by atoms with Crippen molar-refractivity contribution in [2.75, 3.05) is 30.9 Å². The molecule has 0 aliphatic heterocycles. The number of benzene rings is 3. The van der Waals surface area contributed by atoms with Gasteiger partial charge in [0.2, 0.25) is 0 Å². The zero-order valence-electron chi connectivity index (χ0n) is 24.7. The average Bonchev–Trinajstić information content (AvgIpc) is 2.89. The number of aliphatic hydroxyl groups excluding tert-OH is 1. The number of nitrogens with zero attached hydrogens (tertiary/aromatic N) is 2. The minimum absolute atomic E-state index is 0.00797. The number of carboxylic acids is 1. The second kappa shape index (κ2) is 11.0. The first-order valence-corrected chi connectivity index (χ1v) is 13.8. The molecule has 6 heteroatoms. The number of aromatic carboxylic acids is 1. The number of aromatic hydroxyl groups is 1. The van der Waals surface area contributed by atoms with E-state index in [0.717, 1.165) is 36.3 Å². The summed E-state index contributed by atoms with van der Waals surface area (Å²) < 4.78 is 0. The van der Waals surface area contributed by atoms with E-state index < -0.39 is 12.1 Å². The molecule has 3 aromatic carbocycles. The lowest BCUT2D eigenvalue weighted by Crippen LogP contribution is -2.36. The van der Waals surface area contributed by atoms with Crippen molar-refractivity contribution in [3.8, 4) is 5.75 Å². The summed E-state index contributed by atoms with van der Waals surface area (Å²) in [5, 5.41) is 30.5. The maximum atomic E-state index is 11.3. The van der Waals surface area contributed by atoms with Crippen molar-refractivity contribution in [2.45, 2.75) is 64.0 Å². The average molecular weight is 543 g/mol. The van der Waals surface area contributed by atoms with E-state index in [0.29, 0.717) is 5.56 Å². The Bertz CT molecular complexity index is 1420. The number of fused-ring (bicyclic) bond motifs is 1. The minimum Gasteiger partial charge on any atom is -0.507 e. The predicted molar refractivity (Wildman–Crippen MR) is 164 cm³/mol. The van der Waals surface area contributed by atoms with Gasteiger partial charge in [-0.1, -0.05) is 64.1 Å². The van der Waals surface area contributed by atoms with E-state index in [1.807, 2.05) is 14.1 Å². The van der Waals surface area contributed by atoms with Crippen LogP contribution in [0.5, 0.6) is 5.75 Å². The maximum Gasteiger partial charge on any atom is 0.339 e. The number of phenols is 1. The summed E-state index contributed by atoms with van der Waals surface area (Å²) in [5.74, 6) is -1.48. The van der Waals surface area contributed by atoms with Crippen LogP contribution in [0.1, 0.15) is 84.8 Å². The van der Waals surface area contributed by atoms with E-state index in [9.17, 15) is 20.1 Å². The van der Waals surface area contributed by atoms with E-state index in [-0.39, 0.29) is 22.1 Å². The Morgan fingerprint density at radius 3 is 2.20 bits per heavy atom. The molecular weight excluding hydrogens is 500 g/mol. The van der Waals surface area contributed by atoms with Crippen LogP contribution in [0.3, 0.4) is 0 Å². The second-order valence-electron chi connectivity index (χ2n) is 12.5. The molecule has 0 heterocycles. The first-order chi connectivity index (χ1) is 18.7. The molecule has 1 unspecified atom stereocenters. The van der Waals surface area contributed by atoms with Crippen molar-refractivity contribution in [1.82, 2.24) is 0 Å². The normalized spacial score (nSPS) is 16.4. The number of aliphatic hydroxyl groups is 1. The van der Waals surface area contributed by atoms with Crippen LogP contribution in [0, 0.1) is 0 Å². The smallest absolute Gasteiger partial charge is 0.339 e. The summed E-state index contributed by atoms with van der Waals surface area (Å²) in [5.41, 5.74) is 7.32. The van der Waals surface area contributed by atoms with Gasteiger partial charge in [0.25, 0.3) is 0 Å². The van der Waals surface area contributed by atoms with Crippen LogP contribution in [0.25, 0.3) is 6.08 Å². The third kappa shape index (κ3) is 6.02. The largest absolute Gasteiger partial charge is 0.507 e. The first kappa shape index (κ1) is 29.2. The molecule has 0 amide bonds. The van der Waals surface area contributed by atoms with Gasteiger partial charge >= 0.3 is 5.97 Å². The fourth-order valence-corrected chi connectivity index (χ4v) is 5.66. The molecule has 0 saturated carbocycles. The summed E-state index contributed by atoms with van der Waals surface area (Å²) in [6.07, 6.45) is 4.66. The molecule has 0 radical (unpaired) electrons. The van der Waals surface area contributed by atoms with E-state index in [2.05, 4.69) is 80.9 Å². The monoisotopic (exact) mass is 542 g/mol. The van der Waals surface area contributed by atoms with Gasteiger partial charge in [-0.25, -0.2) is 4.79 Å². The molecule has 4 rings (SSSR count). The summed E-state index contributed by atoms with van der Waals surface area (Å²) >= 11 is 0. The Labute approximate surface area is 238 Å². The van der Waals surface area contributed by atoms with Crippen molar-refractivity contribution in [2.24, 2.45) is 0 Å². The molecule has 0 saturated heterocycles. The van der Waals surface area contributed by atoms with E-state index >= 15 is 0 Å². The van der Waals surface area contributed by atoms with Crippen molar-refractivity contribution in [3.05, 3.63) is 94.1 Å². The van der Waals surface area contributed by atoms with Gasteiger partial charge in [0.05, 0.1) is 6.10 Å². The minimum atomic E-state index is -1.18. The lowest BCUT2D eigenvalue weighted by Gasteiger charge is -2.44. The van der Waals surface area contributed by atoms with Crippen LogP contribution < -0.4 is 9.80 Å². The zero-order chi connectivity index (χ0) is 29.4. The molecule has 3 aromatic rings. The van der Waals surface area contributed by atoms with Gasteiger partial charge in [-0.2, -0.15) is 0 Å². The Balaban J connectivity index is 1.73. The molecule has 212 valence electrons. The van der Waals surface area contributed by atoms with Crippen LogP contribution in [-0.2, 0) is 17.4 Å². The quantitative estimate of drug-likeness (QED) is 0.288. The van der Waals surface area contributed by atoms with E-state index in [1.165, 1.54) is 28.8 Å². The third-order valence-electron chi connectivity index (χ3n) is 8.27. The molecule has 0 bridgehead atoms. The van der Waals surface area contributed by atoms with Gasteiger partial charge in [0, 0.05) is 39.1 Å². The predicted octanol–water partition coefficient (Wildman–Crippen LogP) is 6.89. The summed E-state index contributed by atoms with van der Waals surface area (Å²) in [4.78, 5) is 15.6. The number of hydrogen-bond donors (Lipinski definition) is 3. The van der Waals surface area contributed by atoms with Gasteiger partial charge in [0.15, 0.2) is 0 Å². The highest BCUT2D eigenvalue weighted by atomic mass is 16.4. The number of hydrogen-bond acceptors (Lipinski definition) is 5. The molecule has 40 heavy (non-hydrogen) atoms. The van der Waals surface area contributed by atoms with E-state index in [4.69, 9.17) is 0 Å². The standard InChI is InChI=1S/C34H42N2O4/c1-33(2)16-17-34(3,4)31-27(33)19-24(29(37)15-11-22-10-14-26(32(39)40)30(38)18-22)20-28(31)36(7)21-23-8-12-25(13-9-23)35(5)6/h8-15,18-20,29,37-38H,16-17,21H2,1-7H3,(H,39,40)/b15-11+. The number of carbonyl (C=O) groups is 1. The van der Waals surface area contributed by atoms with Crippen molar-refractivity contribution >= 4 is 23.4 Å². The molecular formula is C34H42N2O4. The van der Waals surface area contributed by atoms with Crippen LogP contribution >= 0.6 is 0 Å². The number of rotatable bonds is 8. The maximum absolute atomic E-state index is 11.3. The number of carboxylic acid groups (broad SMARTS) is 1. The lowest BCUT2D eigenvalue weighted by molar-refractivity contribution is 0.0693. The van der Waals surface area contributed by atoms with Gasteiger partial charge < -0.3 is 25.1 Å². The van der Waals surface area contributed by atoms with Crippen LogP contribution in [0.2, 0.25) is 0 Å². The topological polar surface area (TPSA) is 84.2 Å². The van der Waals surface area contributed by atoms with Gasteiger partial charge in [-0.15, -0.1) is 0 Å². The fourth-order valence-electron chi connectivity index (χ4n) is 5.66. The fraction of sp³-hybridized carbons (Fsp3) is 0.382. The highest BCUT2D eigenvalue weighted by Gasteiger charge is 2.40. The number of anilines is 2. The molecule has 3 N–H and O–H groups in total. The molecule has 1 aliphatic rings. The highest BCUT2D eigenvalue weighted by molar-refractivity contribution is 5.91. The molecule has 1 atom stereocenters. The summed E-state index contributed by atoms with van der Waals surface area (Å²) in [6, 6.07) is 17.2. The Morgan fingerprint density at radius 2 is 1.60 bits per heavy atom. The molecule has 0 fully saturated rings. The Kier molecular flexibility index (Phi) is 8.04. The Morgan fingerprint density at radius 1 is 0.950 bits per heavy atom. The van der Waals surface area contributed by atoms with Crippen molar-refractivity contribution in [1.29, 1.82) is 0 Å².